The SMILES string of the molecule is O=S(=O)(Cc1nc(-c2ccco2)no1)C[C@@H]1CCCO1. The summed E-state index contributed by atoms with van der Waals surface area (Å²) in [4.78, 5) is 4.02. The van der Waals surface area contributed by atoms with Crippen molar-refractivity contribution < 1.29 is 22.1 Å². The lowest BCUT2D eigenvalue weighted by molar-refractivity contribution is 0.127. The molecule has 0 bridgehead atoms. The number of ether oxygens (including phenoxy) is 1. The first kappa shape index (κ1) is 13.3. The zero-order valence-electron chi connectivity index (χ0n) is 10.7. The van der Waals surface area contributed by atoms with E-state index in [1.54, 1.807) is 12.1 Å². The van der Waals surface area contributed by atoms with Crippen LogP contribution in [0.4, 0.5) is 0 Å². The van der Waals surface area contributed by atoms with Crippen molar-refractivity contribution in [1.82, 2.24) is 10.1 Å². The monoisotopic (exact) mass is 298 g/mol. The van der Waals surface area contributed by atoms with E-state index in [-0.39, 0.29) is 29.3 Å². The van der Waals surface area contributed by atoms with E-state index in [1.165, 1.54) is 6.26 Å². The number of hydrogen-bond donors (Lipinski definition) is 0. The van der Waals surface area contributed by atoms with E-state index in [0.717, 1.165) is 12.8 Å². The first-order chi connectivity index (χ1) is 9.62. The summed E-state index contributed by atoms with van der Waals surface area (Å²) in [5, 5.41) is 3.70. The Labute approximate surface area is 115 Å². The Bertz CT molecular complexity index is 656. The lowest BCUT2D eigenvalue weighted by Crippen LogP contribution is -2.21. The molecular formula is C12H14N2O5S. The molecule has 0 amide bonds. The van der Waals surface area contributed by atoms with Crippen molar-refractivity contribution in [3.8, 4) is 11.6 Å². The molecule has 3 heterocycles. The second-order valence-electron chi connectivity index (χ2n) is 4.68. The molecule has 1 aliphatic heterocycles. The molecule has 20 heavy (non-hydrogen) atoms. The molecule has 1 saturated heterocycles. The van der Waals surface area contributed by atoms with Crippen LogP contribution in [0.2, 0.25) is 0 Å². The summed E-state index contributed by atoms with van der Waals surface area (Å²) in [6.07, 6.45) is 2.95. The molecule has 7 nitrogen and oxygen atoms in total. The van der Waals surface area contributed by atoms with Crippen LogP contribution in [0.3, 0.4) is 0 Å². The third-order valence-corrected chi connectivity index (χ3v) is 4.58. The molecule has 0 saturated carbocycles. The summed E-state index contributed by atoms with van der Waals surface area (Å²) in [5.41, 5.74) is 0. The number of rotatable bonds is 5. The van der Waals surface area contributed by atoms with Crippen LogP contribution in [-0.4, -0.2) is 37.0 Å². The summed E-state index contributed by atoms with van der Waals surface area (Å²) in [7, 11) is -3.33. The average molecular weight is 298 g/mol. The molecular weight excluding hydrogens is 284 g/mol. The zero-order chi connectivity index (χ0) is 14.0. The van der Waals surface area contributed by atoms with Gasteiger partial charge < -0.3 is 13.7 Å². The predicted molar refractivity (Wildman–Crippen MR) is 68.5 cm³/mol. The quantitative estimate of drug-likeness (QED) is 0.823. The van der Waals surface area contributed by atoms with Gasteiger partial charge in [0.1, 0.15) is 5.75 Å². The van der Waals surface area contributed by atoms with Gasteiger partial charge in [0.25, 0.3) is 0 Å². The summed E-state index contributed by atoms with van der Waals surface area (Å²) in [5.74, 6) is 0.467. The van der Waals surface area contributed by atoms with Crippen LogP contribution in [0.25, 0.3) is 11.6 Å². The second kappa shape index (κ2) is 5.37. The van der Waals surface area contributed by atoms with Gasteiger partial charge in [0.15, 0.2) is 15.6 Å². The molecule has 1 atom stereocenters. The van der Waals surface area contributed by atoms with Crippen molar-refractivity contribution in [2.24, 2.45) is 0 Å². The van der Waals surface area contributed by atoms with Gasteiger partial charge in [-0.1, -0.05) is 5.16 Å². The maximum absolute atomic E-state index is 12.0. The van der Waals surface area contributed by atoms with Crippen molar-refractivity contribution in [3.05, 3.63) is 24.3 Å². The topological polar surface area (TPSA) is 95.4 Å². The van der Waals surface area contributed by atoms with Crippen molar-refractivity contribution in [2.75, 3.05) is 12.4 Å². The smallest absolute Gasteiger partial charge is 0.242 e. The van der Waals surface area contributed by atoms with Crippen molar-refractivity contribution >= 4 is 9.84 Å². The van der Waals surface area contributed by atoms with E-state index < -0.39 is 9.84 Å². The van der Waals surface area contributed by atoms with E-state index in [0.29, 0.717) is 12.4 Å². The molecule has 0 spiro atoms. The van der Waals surface area contributed by atoms with Gasteiger partial charge in [0.2, 0.25) is 11.7 Å². The summed E-state index contributed by atoms with van der Waals surface area (Å²) in [6.45, 7) is 0.628. The Hall–Kier alpha value is -1.67. The number of aromatic nitrogens is 2. The van der Waals surface area contributed by atoms with E-state index in [1.807, 2.05) is 0 Å². The molecule has 108 valence electrons. The van der Waals surface area contributed by atoms with Crippen molar-refractivity contribution in [1.29, 1.82) is 0 Å². The number of nitrogens with zero attached hydrogens (tertiary/aromatic N) is 2. The van der Waals surface area contributed by atoms with Crippen LogP contribution < -0.4 is 0 Å². The van der Waals surface area contributed by atoms with Gasteiger partial charge in [-0.05, 0) is 25.0 Å². The minimum atomic E-state index is -3.33. The Kier molecular flexibility index (Phi) is 3.58. The van der Waals surface area contributed by atoms with Gasteiger partial charge in [-0.15, -0.1) is 0 Å². The van der Waals surface area contributed by atoms with Gasteiger partial charge in [-0.25, -0.2) is 8.42 Å². The molecule has 8 heteroatoms. The first-order valence-electron chi connectivity index (χ1n) is 6.31. The van der Waals surface area contributed by atoms with Gasteiger partial charge in [0, 0.05) is 6.61 Å². The van der Waals surface area contributed by atoms with E-state index in [9.17, 15) is 8.42 Å². The first-order valence-corrected chi connectivity index (χ1v) is 8.13. The lowest BCUT2D eigenvalue weighted by Gasteiger charge is -2.08. The summed E-state index contributed by atoms with van der Waals surface area (Å²) in [6, 6.07) is 3.37. The molecule has 3 rings (SSSR count). The van der Waals surface area contributed by atoms with Crippen LogP contribution in [0.1, 0.15) is 18.7 Å². The normalized spacial score (nSPS) is 19.5. The summed E-state index contributed by atoms with van der Waals surface area (Å²) >= 11 is 0. The molecule has 2 aromatic rings. The molecule has 0 radical (unpaired) electrons. The van der Waals surface area contributed by atoms with Gasteiger partial charge in [0.05, 0.1) is 18.1 Å². The van der Waals surface area contributed by atoms with E-state index >= 15 is 0 Å². The average Bonchev–Trinajstić information content (AvgIpc) is 3.07. The largest absolute Gasteiger partial charge is 0.461 e. The summed E-state index contributed by atoms with van der Waals surface area (Å²) < 4.78 is 39.4. The van der Waals surface area contributed by atoms with Gasteiger partial charge in [-0.3, -0.25) is 0 Å². The van der Waals surface area contributed by atoms with E-state index in [2.05, 4.69) is 10.1 Å². The fourth-order valence-electron chi connectivity index (χ4n) is 2.13. The molecule has 1 aliphatic rings. The highest BCUT2D eigenvalue weighted by atomic mass is 32.2. The molecule has 0 N–H and O–H groups in total. The van der Waals surface area contributed by atoms with Crippen LogP contribution in [-0.2, 0) is 20.3 Å². The lowest BCUT2D eigenvalue weighted by atomic mass is 10.3. The van der Waals surface area contributed by atoms with Crippen LogP contribution in [0, 0.1) is 0 Å². The number of sulfone groups is 1. The molecule has 2 aromatic heterocycles. The third kappa shape index (κ3) is 3.07. The minimum Gasteiger partial charge on any atom is -0.461 e. The molecule has 0 aliphatic carbocycles. The molecule has 0 aromatic carbocycles. The Balaban J connectivity index is 1.68. The molecule has 0 unspecified atom stereocenters. The Morgan fingerprint density at radius 2 is 2.30 bits per heavy atom. The highest BCUT2D eigenvalue weighted by Gasteiger charge is 2.25. The zero-order valence-corrected chi connectivity index (χ0v) is 11.5. The van der Waals surface area contributed by atoms with Crippen molar-refractivity contribution in [3.63, 3.8) is 0 Å². The number of furan rings is 1. The molecule has 1 fully saturated rings. The highest BCUT2D eigenvalue weighted by molar-refractivity contribution is 7.90. The minimum absolute atomic E-state index is 0.00847. The van der Waals surface area contributed by atoms with Gasteiger partial charge >= 0.3 is 0 Å². The maximum Gasteiger partial charge on any atom is 0.242 e. The Morgan fingerprint density at radius 3 is 3.00 bits per heavy atom. The maximum atomic E-state index is 12.0. The van der Waals surface area contributed by atoms with Gasteiger partial charge in [-0.2, -0.15) is 4.98 Å². The fraction of sp³-hybridized carbons (Fsp3) is 0.500. The van der Waals surface area contributed by atoms with Crippen molar-refractivity contribution in [2.45, 2.75) is 24.7 Å². The second-order valence-corrected chi connectivity index (χ2v) is 6.79. The predicted octanol–water partition coefficient (Wildman–Crippen LogP) is 1.42. The van der Waals surface area contributed by atoms with Crippen LogP contribution >= 0.6 is 0 Å². The standard InChI is InChI=1S/C12H14N2O5S/c15-20(16,7-9-3-1-5-17-9)8-11-13-12(14-19-11)10-4-2-6-18-10/h2,4,6,9H,1,3,5,7-8H2/t9-/m0/s1. The van der Waals surface area contributed by atoms with E-state index in [4.69, 9.17) is 13.7 Å². The number of hydrogen-bond acceptors (Lipinski definition) is 7. The third-order valence-electron chi connectivity index (χ3n) is 3.02. The van der Waals surface area contributed by atoms with Crippen LogP contribution in [0.15, 0.2) is 27.3 Å². The van der Waals surface area contributed by atoms with Crippen LogP contribution in [0.5, 0.6) is 0 Å². The Morgan fingerprint density at radius 1 is 1.40 bits per heavy atom. The highest BCUT2D eigenvalue weighted by Crippen LogP contribution is 2.19. The fourth-order valence-corrected chi connectivity index (χ4v) is 3.57.